The summed E-state index contributed by atoms with van der Waals surface area (Å²) in [6, 6.07) is -0.269. The van der Waals surface area contributed by atoms with Gasteiger partial charge >= 0.3 is 0 Å². The van der Waals surface area contributed by atoms with E-state index < -0.39 is 10.0 Å². The molecule has 0 saturated carbocycles. The lowest BCUT2D eigenvalue weighted by atomic mass is 10.1. The number of hydrogen-bond donors (Lipinski definition) is 2. The van der Waals surface area contributed by atoms with Gasteiger partial charge < -0.3 is 9.88 Å². The van der Waals surface area contributed by atoms with E-state index in [0.29, 0.717) is 25.2 Å². The topological polar surface area (TPSA) is 93.1 Å². The van der Waals surface area contributed by atoms with Gasteiger partial charge in [-0.2, -0.15) is 0 Å². The van der Waals surface area contributed by atoms with Crippen LogP contribution in [-0.2, 0) is 21.4 Å². The molecule has 8 heteroatoms. The molecule has 1 aliphatic rings. The van der Waals surface area contributed by atoms with Crippen molar-refractivity contribution < 1.29 is 13.2 Å². The number of amides is 1. The van der Waals surface area contributed by atoms with E-state index in [2.05, 4.69) is 15.0 Å². The van der Waals surface area contributed by atoms with Crippen molar-refractivity contribution in [2.24, 2.45) is 0 Å². The second-order valence-corrected chi connectivity index (χ2v) is 6.64. The van der Waals surface area contributed by atoms with Crippen LogP contribution >= 0.6 is 0 Å². The second kappa shape index (κ2) is 5.92. The molecule has 20 heavy (non-hydrogen) atoms. The molecule has 0 spiro atoms. The summed E-state index contributed by atoms with van der Waals surface area (Å²) in [7, 11) is -3.63. The molecule has 112 valence electrons. The monoisotopic (exact) mass is 300 g/mol. The zero-order chi connectivity index (χ0) is 14.8. The summed E-state index contributed by atoms with van der Waals surface area (Å²) in [6.07, 6.45) is 3.33. The standard InChI is InChI=1S/C12H20N4O3S/c1-3-6-16-8-12(14-9(16)2)20(18,19)15-10-4-5-11(17)13-7-10/h8,10,15H,3-7H2,1-2H3,(H,13,17). The minimum atomic E-state index is -3.63. The van der Waals surface area contributed by atoms with E-state index in [4.69, 9.17) is 0 Å². The number of imidazole rings is 1. The Morgan fingerprint density at radius 1 is 1.55 bits per heavy atom. The number of carbonyl (C=O) groups is 1. The average Bonchev–Trinajstić information content (AvgIpc) is 2.75. The number of carbonyl (C=O) groups excluding carboxylic acids is 1. The molecule has 1 aromatic rings. The van der Waals surface area contributed by atoms with Crippen molar-refractivity contribution in [1.29, 1.82) is 0 Å². The van der Waals surface area contributed by atoms with Crippen LogP contribution in [0.5, 0.6) is 0 Å². The minimum absolute atomic E-state index is 0.0384. The largest absolute Gasteiger partial charge is 0.355 e. The smallest absolute Gasteiger partial charge is 0.259 e. The second-order valence-electron chi connectivity index (χ2n) is 4.98. The first kappa shape index (κ1) is 15.0. The van der Waals surface area contributed by atoms with Gasteiger partial charge in [0, 0.05) is 31.7 Å². The van der Waals surface area contributed by atoms with Gasteiger partial charge in [-0.15, -0.1) is 0 Å². The highest BCUT2D eigenvalue weighted by Gasteiger charge is 2.26. The Kier molecular flexibility index (Phi) is 4.44. The van der Waals surface area contributed by atoms with E-state index in [1.165, 1.54) is 0 Å². The van der Waals surface area contributed by atoms with Gasteiger partial charge in [0.15, 0.2) is 5.03 Å². The van der Waals surface area contributed by atoms with Gasteiger partial charge in [-0.25, -0.2) is 18.1 Å². The Morgan fingerprint density at radius 2 is 2.30 bits per heavy atom. The van der Waals surface area contributed by atoms with Crippen molar-refractivity contribution >= 4 is 15.9 Å². The normalized spacial score (nSPS) is 19.9. The highest BCUT2D eigenvalue weighted by atomic mass is 32.2. The fraction of sp³-hybridized carbons (Fsp3) is 0.667. The molecule has 1 saturated heterocycles. The maximum atomic E-state index is 12.3. The number of aryl methyl sites for hydroxylation is 2. The average molecular weight is 300 g/mol. The Morgan fingerprint density at radius 3 is 2.90 bits per heavy atom. The van der Waals surface area contributed by atoms with Crippen molar-refractivity contribution in [3.8, 4) is 0 Å². The molecular formula is C12H20N4O3S. The number of hydrogen-bond acceptors (Lipinski definition) is 4. The summed E-state index contributed by atoms with van der Waals surface area (Å²) in [6.45, 7) is 4.88. The van der Waals surface area contributed by atoms with E-state index in [9.17, 15) is 13.2 Å². The zero-order valence-electron chi connectivity index (χ0n) is 11.7. The van der Waals surface area contributed by atoms with Crippen LogP contribution in [0.2, 0.25) is 0 Å². The Bertz CT molecular complexity index is 584. The zero-order valence-corrected chi connectivity index (χ0v) is 12.5. The summed E-state index contributed by atoms with van der Waals surface area (Å²) in [4.78, 5) is 15.2. The number of nitrogens with zero attached hydrogens (tertiary/aromatic N) is 2. The molecule has 7 nitrogen and oxygen atoms in total. The van der Waals surface area contributed by atoms with Crippen LogP contribution in [-0.4, -0.2) is 36.5 Å². The quantitative estimate of drug-likeness (QED) is 0.810. The number of rotatable bonds is 5. The van der Waals surface area contributed by atoms with Crippen LogP contribution in [0.1, 0.15) is 32.0 Å². The third kappa shape index (κ3) is 3.37. The SMILES string of the molecule is CCCn1cc(S(=O)(=O)NC2CCC(=O)NC2)nc1C. The summed E-state index contributed by atoms with van der Waals surface area (Å²) < 4.78 is 28.9. The van der Waals surface area contributed by atoms with Crippen LogP contribution in [0.15, 0.2) is 11.2 Å². The molecule has 1 aromatic heterocycles. The summed E-state index contributed by atoms with van der Waals surface area (Å²) >= 11 is 0. The highest BCUT2D eigenvalue weighted by Crippen LogP contribution is 2.12. The molecule has 1 aliphatic heterocycles. The Hall–Kier alpha value is -1.41. The van der Waals surface area contributed by atoms with Crippen LogP contribution in [0.4, 0.5) is 0 Å². The molecule has 1 amide bonds. The van der Waals surface area contributed by atoms with E-state index in [0.717, 1.165) is 13.0 Å². The highest BCUT2D eigenvalue weighted by molar-refractivity contribution is 7.89. The molecule has 1 unspecified atom stereocenters. The summed E-state index contributed by atoms with van der Waals surface area (Å²) in [5.41, 5.74) is 0. The van der Waals surface area contributed by atoms with Crippen molar-refractivity contribution in [3.05, 3.63) is 12.0 Å². The van der Waals surface area contributed by atoms with Crippen LogP contribution in [0.3, 0.4) is 0 Å². The van der Waals surface area contributed by atoms with Crippen LogP contribution < -0.4 is 10.0 Å². The maximum Gasteiger partial charge on any atom is 0.259 e. The van der Waals surface area contributed by atoms with Crippen molar-refractivity contribution in [1.82, 2.24) is 19.6 Å². The lowest BCUT2D eigenvalue weighted by molar-refractivity contribution is -0.122. The fourth-order valence-corrected chi connectivity index (χ4v) is 3.47. The third-order valence-electron chi connectivity index (χ3n) is 3.28. The molecule has 0 radical (unpaired) electrons. The molecule has 0 bridgehead atoms. The molecule has 2 heterocycles. The van der Waals surface area contributed by atoms with E-state index in [1.807, 2.05) is 11.5 Å². The summed E-state index contributed by atoms with van der Waals surface area (Å²) in [5, 5.41) is 2.69. The molecule has 2 N–H and O–H groups in total. The molecule has 2 rings (SSSR count). The van der Waals surface area contributed by atoms with Gasteiger partial charge in [0.1, 0.15) is 5.82 Å². The Labute approximate surface area is 118 Å². The van der Waals surface area contributed by atoms with Crippen molar-refractivity contribution in [3.63, 3.8) is 0 Å². The predicted molar refractivity (Wildman–Crippen MR) is 73.6 cm³/mol. The first-order valence-corrected chi connectivity index (χ1v) is 8.23. The van der Waals surface area contributed by atoms with Crippen LogP contribution in [0, 0.1) is 6.92 Å². The first-order valence-electron chi connectivity index (χ1n) is 6.75. The third-order valence-corrected chi connectivity index (χ3v) is 4.67. The van der Waals surface area contributed by atoms with E-state index in [1.54, 1.807) is 13.1 Å². The van der Waals surface area contributed by atoms with Gasteiger partial charge in [-0.1, -0.05) is 6.92 Å². The molecule has 0 aliphatic carbocycles. The number of sulfonamides is 1. The fourth-order valence-electron chi connectivity index (χ4n) is 2.19. The minimum Gasteiger partial charge on any atom is -0.355 e. The first-order chi connectivity index (χ1) is 9.42. The van der Waals surface area contributed by atoms with Gasteiger partial charge in [-0.3, -0.25) is 4.79 Å². The van der Waals surface area contributed by atoms with Crippen molar-refractivity contribution in [2.75, 3.05) is 6.54 Å². The van der Waals surface area contributed by atoms with E-state index in [-0.39, 0.29) is 17.0 Å². The van der Waals surface area contributed by atoms with Gasteiger partial charge in [0.2, 0.25) is 5.91 Å². The van der Waals surface area contributed by atoms with Crippen LogP contribution in [0.25, 0.3) is 0 Å². The number of piperidine rings is 1. The summed E-state index contributed by atoms with van der Waals surface area (Å²) in [5.74, 6) is 0.646. The number of aromatic nitrogens is 2. The van der Waals surface area contributed by atoms with Gasteiger partial charge in [-0.05, 0) is 19.8 Å². The molecule has 0 aromatic carbocycles. The molecule has 1 fully saturated rings. The molecule has 1 atom stereocenters. The lowest BCUT2D eigenvalue weighted by Gasteiger charge is -2.22. The molecular weight excluding hydrogens is 280 g/mol. The van der Waals surface area contributed by atoms with Gasteiger partial charge in [0.05, 0.1) is 0 Å². The maximum absolute atomic E-state index is 12.3. The Balaban J connectivity index is 2.10. The predicted octanol–water partition coefficient (Wildman–Crippen LogP) is 0.158. The van der Waals surface area contributed by atoms with Crippen molar-refractivity contribution in [2.45, 2.75) is 50.7 Å². The number of nitrogens with one attached hydrogen (secondary N) is 2. The lowest BCUT2D eigenvalue weighted by Crippen LogP contribution is -2.47. The van der Waals surface area contributed by atoms with Gasteiger partial charge in [0.25, 0.3) is 10.0 Å². The van der Waals surface area contributed by atoms with E-state index >= 15 is 0 Å².